The molecule has 0 aliphatic carbocycles. The zero-order valence-electron chi connectivity index (χ0n) is 21.9. The Morgan fingerprint density at radius 3 is 2.10 bits per heavy atom. The first kappa shape index (κ1) is 25.8. The number of hydrogen-bond donors (Lipinski definition) is 1. The van der Waals surface area contributed by atoms with E-state index in [1.807, 2.05) is 0 Å². The number of ether oxygens (including phenoxy) is 6. The summed E-state index contributed by atoms with van der Waals surface area (Å²) in [6, 6.07) is 9.62. The number of carbonyl (C=O) groups is 1. The number of phenols is 1. The van der Waals surface area contributed by atoms with Gasteiger partial charge in [-0.2, -0.15) is 0 Å². The molecule has 4 aromatic rings. The van der Waals surface area contributed by atoms with Crippen molar-refractivity contribution in [1.82, 2.24) is 0 Å². The first-order chi connectivity index (χ1) is 18.8. The molecule has 5 rings (SSSR count). The molecule has 0 fully saturated rings. The van der Waals surface area contributed by atoms with Gasteiger partial charge in [-0.3, -0.25) is 9.59 Å². The molecule has 39 heavy (non-hydrogen) atoms. The minimum Gasteiger partial charge on any atom is -0.507 e. The van der Waals surface area contributed by atoms with Gasteiger partial charge in [-0.05, 0) is 23.8 Å². The quantitative estimate of drug-likeness (QED) is 0.265. The fourth-order valence-corrected chi connectivity index (χ4v) is 4.93. The first-order valence-corrected chi connectivity index (χ1v) is 11.9. The molecule has 10 nitrogen and oxygen atoms in total. The Morgan fingerprint density at radius 2 is 1.44 bits per heavy atom. The lowest BCUT2D eigenvalue weighted by Crippen LogP contribution is -2.22. The first-order valence-electron chi connectivity index (χ1n) is 11.9. The Morgan fingerprint density at radius 1 is 0.795 bits per heavy atom. The van der Waals surface area contributed by atoms with Gasteiger partial charge in [-0.15, -0.1) is 0 Å². The van der Waals surface area contributed by atoms with Crippen molar-refractivity contribution in [1.29, 1.82) is 0 Å². The zero-order chi connectivity index (χ0) is 27.8. The van der Waals surface area contributed by atoms with E-state index < -0.39 is 17.3 Å². The second kappa shape index (κ2) is 10.1. The molecule has 3 aromatic carbocycles. The summed E-state index contributed by atoms with van der Waals surface area (Å²) in [7, 11) is 7.51. The molecule has 0 unspecified atom stereocenters. The van der Waals surface area contributed by atoms with E-state index in [1.165, 1.54) is 47.9 Å². The van der Waals surface area contributed by atoms with Gasteiger partial charge in [0.2, 0.25) is 5.43 Å². The number of fused-ring (bicyclic) bond motifs is 3. The fraction of sp³-hybridized carbons (Fsp3) is 0.241. The second-order valence-electron chi connectivity index (χ2n) is 8.74. The highest BCUT2D eigenvalue weighted by atomic mass is 16.5. The van der Waals surface area contributed by atoms with Crippen LogP contribution in [-0.4, -0.2) is 46.6 Å². The highest BCUT2D eigenvalue weighted by Crippen LogP contribution is 2.49. The van der Waals surface area contributed by atoms with Crippen LogP contribution in [0.4, 0.5) is 0 Å². The van der Waals surface area contributed by atoms with Crippen LogP contribution in [0.25, 0.3) is 22.1 Å². The van der Waals surface area contributed by atoms with E-state index in [1.54, 1.807) is 30.3 Å². The van der Waals surface area contributed by atoms with Gasteiger partial charge in [0.15, 0.2) is 23.0 Å². The van der Waals surface area contributed by atoms with Crippen LogP contribution in [0.1, 0.15) is 23.5 Å². The van der Waals surface area contributed by atoms with Gasteiger partial charge in [-0.25, -0.2) is 0 Å². The Hall–Kier alpha value is -4.86. The fourth-order valence-electron chi connectivity index (χ4n) is 4.93. The number of phenolic OH excluding ortho intramolecular Hbond substituents is 1. The molecule has 1 N–H and O–H groups in total. The minimum absolute atomic E-state index is 0.0524. The van der Waals surface area contributed by atoms with E-state index in [4.69, 9.17) is 32.8 Å². The minimum atomic E-state index is -0.644. The average Bonchev–Trinajstić information content (AvgIpc) is 2.95. The number of aromatic hydroxyl groups is 1. The number of carbonyl (C=O) groups excluding carboxylic acids is 1. The molecule has 0 saturated heterocycles. The number of methoxy groups -OCH3 is 5. The van der Waals surface area contributed by atoms with Crippen molar-refractivity contribution in [2.45, 2.75) is 12.3 Å². The van der Waals surface area contributed by atoms with Crippen LogP contribution in [0, 0.1) is 0 Å². The van der Waals surface area contributed by atoms with Crippen LogP contribution < -0.4 is 33.8 Å². The largest absolute Gasteiger partial charge is 0.507 e. The Balaban J connectivity index is 1.76. The van der Waals surface area contributed by atoms with Crippen molar-refractivity contribution >= 4 is 16.9 Å². The van der Waals surface area contributed by atoms with E-state index >= 15 is 0 Å². The maximum Gasteiger partial charge on any atom is 0.312 e. The number of hydrogen-bond acceptors (Lipinski definition) is 10. The molecular weight excluding hydrogens is 508 g/mol. The average molecular weight is 535 g/mol. The van der Waals surface area contributed by atoms with Crippen LogP contribution in [-0.2, 0) is 4.79 Å². The summed E-state index contributed by atoms with van der Waals surface area (Å²) in [5, 5.41) is 10.8. The molecule has 2 heterocycles. The molecule has 0 spiro atoms. The van der Waals surface area contributed by atoms with Gasteiger partial charge >= 0.3 is 5.97 Å². The molecule has 0 amide bonds. The van der Waals surface area contributed by atoms with Crippen molar-refractivity contribution in [3.05, 3.63) is 64.0 Å². The highest BCUT2D eigenvalue weighted by molar-refractivity contribution is 5.94. The second-order valence-corrected chi connectivity index (χ2v) is 8.74. The summed E-state index contributed by atoms with van der Waals surface area (Å²) in [5.41, 5.74) is 1.33. The smallest absolute Gasteiger partial charge is 0.312 e. The standard InChI is InChI=1S/C29H26O10/c1-33-19-7-6-14(8-21(19)35-3)17-13-38-29-26-16(15-9-22(36-4)23(37-5)12-20(15)34-2)10-25(31)39-24(26)11-18(30)27(29)28(17)32/h6-9,11-13,16,30H,10H2,1-5H3/t16-/m1/s1. The SMILES string of the molecule is COc1ccc(-c2coc3c4c(cc(O)c3c2=O)OC(=O)C[C@@H]4c2cc(OC)c(OC)cc2OC)cc1OC. The third-order valence-corrected chi connectivity index (χ3v) is 6.78. The van der Waals surface area contributed by atoms with Crippen LogP contribution in [0.3, 0.4) is 0 Å². The normalized spacial score (nSPS) is 14.4. The van der Waals surface area contributed by atoms with Gasteiger partial charge in [0.1, 0.15) is 34.5 Å². The predicted octanol–water partition coefficient (Wildman–Crippen LogP) is 4.65. The summed E-state index contributed by atoms with van der Waals surface area (Å²) >= 11 is 0. The summed E-state index contributed by atoms with van der Waals surface area (Å²) in [6.45, 7) is 0. The van der Waals surface area contributed by atoms with E-state index in [0.717, 1.165) is 0 Å². The lowest BCUT2D eigenvalue weighted by Gasteiger charge is -2.27. The lowest BCUT2D eigenvalue weighted by molar-refractivity contribution is -0.135. The monoisotopic (exact) mass is 534 g/mol. The van der Waals surface area contributed by atoms with E-state index in [0.29, 0.717) is 45.4 Å². The highest BCUT2D eigenvalue weighted by Gasteiger charge is 2.36. The Bertz CT molecular complexity index is 1650. The van der Waals surface area contributed by atoms with Gasteiger partial charge in [-0.1, -0.05) is 6.07 Å². The van der Waals surface area contributed by atoms with Crippen molar-refractivity contribution in [3.63, 3.8) is 0 Å². The molecule has 1 aliphatic heterocycles. The van der Waals surface area contributed by atoms with Crippen molar-refractivity contribution in [2.75, 3.05) is 35.5 Å². The van der Waals surface area contributed by atoms with Crippen LogP contribution in [0.15, 0.2) is 51.9 Å². The Labute approximate surface area is 223 Å². The maximum atomic E-state index is 13.7. The molecular formula is C29H26O10. The summed E-state index contributed by atoms with van der Waals surface area (Å²) in [4.78, 5) is 26.4. The molecule has 1 atom stereocenters. The number of esters is 1. The molecule has 10 heteroatoms. The maximum absolute atomic E-state index is 13.7. The topological polar surface area (TPSA) is 123 Å². The van der Waals surface area contributed by atoms with Crippen LogP contribution >= 0.6 is 0 Å². The third-order valence-electron chi connectivity index (χ3n) is 6.78. The molecule has 1 aromatic heterocycles. The van der Waals surface area contributed by atoms with Crippen molar-refractivity contribution in [3.8, 4) is 51.4 Å². The molecule has 1 aliphatic rings. The molecule has 202 valence electrons. The number of benzene rings is 3. The van der Waals surface area contributed by atoms with E-state index in [-0.39, 0.29) is 34.5 Å². The van der Waals surface area contributed by atoms with Gasteiger partial charge in [0.25, 0.3) is 0 Å². The zero-order valence-corrected chi connectivity index (χ0v) is 21.9. The van der Waals surface area contributed by atoms with Crippen LogP contribution in [0.2, 0.25) is 0 Å². The Kier molecular flexibility index (Phi) is 6.69. The molecule has 0 bridgehead atoms. The van der Waals surface area contributed by atoms with Gasteiger partial charge < -0.3 is 37.9 Å². The summed E-state index contributed by atoms with van der Waals surface area (Å²) in [5.74, 6) is 0.763. The van der Waals surface area contributed by atoms with E-state index in [9.17, 15) is 14.7 Å². The van der Waals surface area contributed by atoms with E-state index in [2.05, 4.69) is 0 Å². The lowest BCUT2D eigenvalue weighted by atomic mass is 9.84. The number of rotatable bonds is 7. The van der Waals surface area contributed by atoms with Crippen molar-refractivity contribution < 1.29 is 42.7 Å². The van der Waals surface area contributed by atoms with Gasteiger partial charge in [0, 0.05) is 29.2 Å². The van der Waals surface area contributed by atoms with Crippen molar-refractivity contribution in [2.24, 2.45) is 0 Å². The van der Waals surface area contributed by atoms with Gasteiger partial charge in [0.05, 0.1) is 47.5 Å². The molecule has 0 radical (unpaired) electrons. The predicted molar refractivity (Wildman–Crippen MR) is 141 cm³/mol. The molecule has 0 saturated carbocycles. The van der Waals surface area contributed by atoms with Crippen LogP contribution in [0.5, 0.6) is 40.2 Å². The third kappa shape index (κ3) is 4.23. The summed E-state index contributed by atoms with van der Waals surface area (Å²) in [6.07, 6.45) is 1.24. The summed E-state index contributed by atoms with van der Waals surface area (Å²) < 4.78 is 38.6.